The first-order valence-electron chi connectivity index (χ1n) is 6.77. The Morgan fingerprint density at radius 3 is 2.65 bits per heavy atom. The Morgan fingerprint density at radius 1 is 1.45 bits per heavy atom. The maximum absolute atomic E-state index is 12.3. The molecule has 6 heteroatoms. The van der Waals surface area contributed by atoms with Gasteiger partial charge in [0.05, 0.1) is 23.5 Å². The zero-order valence-corrected chi connectivity index (χ0v) is 12.6. The average Bonchev–Trinajstić information content (AvgIpc) is 2.94. The summed E-state index contributed by atoms with van der Waals surface area (Å²) >= 11 is 0. The monoisotopic (exact) mass is 275 g/mol. The highest BCUT2D eigenvalue weighted by Crippen LogP contribution is 2.17. The predicted octanol–water partition coefficient (Wildman–Crippen LogP) is 1.74. The molecule has 2 rings (SSSR count). The molecule has 0 radical (unpaired) electrons. The van der Waals surface area contributed by atoms with Gasteiger partial charge in [0.15, 0.2) is 0 Å². The Hall–Kier alpha value is -2.11. The van der Waals surface area contributed by atoms with Gasteiger partial charge in [-0.2, -0.15) is 10.2 Å². The number of rotatable bonds is 4. The lowest BCUT2D eigenvalue weighted by molar-refractivity contribution is 0.0939. The standard InChI is InChI=1S/C14H21N5O/c1-6-19-8-13(10(3)17-19)9(2)16-14(20)12-7-15-18(5)11(12)4/h7-9H,6H2,1-5H3,(H,16,20). The van der Waals surface area contributed by atoms with Crippen molar-refractivity contribution in [3.05, 3.63) is 34.9 Å². The van der Waals surface area contributed by atoms with E-state index in [0.29, 0.717) is 5.56 Å². The van der Waals surface area contributed by atoms with Gasteiger partial charge in [-0.05, 0) is 27.7 Å². The van der Waals surface area contributed by atoms with Crippen LogP contribution in [-0.2, 0) is 13.6 Å². The lowest BCUT2D eigenvalue weighted by Crippen LogP contribution is -2.27. The van der Waals surface area contributed by atoms with Crippen molar-refractivity contribution in [2.24, 2.45) is 7.05 Å². The summed E-state index contributed by atoms with van der Waals surface area (Å²) in [4.78, 5) is 12.3. The Morgan fingerprint density at radius 2 is 2.15 bits per heavy atom. The molecule has 0 aromatic carbocycles. The molecule has 1 unspecified atom stereocenters. The third-order valence-electron chi connectivity index (χ3n) is 3.60. The Kier molecular flexibility index (Phi) is 3.92. The summed E-state index contributed by atoms with van der Waals surface area (Å²) in [6.45, 7) is 8.67. The van der Waals surface area contributed by atoms with Crippen LogP contribution in [0.3, 0.4) is 0 Å². The van der Waals surface area contributed by atoms with Crippen molar-refractivity contribution < 1.29 is 4.79 Å². The van der Waals surface area contributed by atoms with E-state index in [1.165, 1.54) is 0 Å². The van der Waals surface area contributed by atoms with Crippen molar-refractivity contribution in [3.8, 4) is 0 Å². The smallest absolute Gasteiger partial charge is 0.255 e. The zero-order valence-electron chi connectivity index (χ0n) is 12.6. The number of hydrogen-bond acceptors (Lipinski definition) is 3. The molecule has 0 aliphatic rings. The van der Waals surface area contributed by atoms with Gasteiger partial charge in [0, 0.05) is 31.0 Å². The first-order valence-corrected chi connectivity index (χ1v) is 6.77. The lowest BCUT2D eigenvalue weighted by atomic mass is 10.1. The van der Waals surface area contributed by atoms with Crippen LogP contribution in [0.25, 0.3) is 0 Å². The summed E-state index contributed by atoms with van der Waals surface area (Å²) in [6.07, 6.45) is 3.58. The molecule has 2 aromatic heterocycles. The van der Waals surface area contributed by atoms with E-state index in [-0.39, 0.29) is 11.9 Å². The molecule has 0 bridgehead atoms. The van der Waals surface area contributed by atoms with Crippen molar-refractivity contribution in [2.75, 3.05) is 0 Å². The first kappa shape index (κ1) is 14.3. The van der Waals surface area contributed by atoms with Gasteiger partial charge < -0.3 is 5.32 Å². The van der Waals surface area contributed by atoms with E-state index in [4.69, 9.17) is 0 Å². The van der Waals surface area contributed by atoms with E-state index >= 15 is 0 Å². The van der Waals surface area contributed by atoms with E-state index in [1.54, 1.807) is 10.9 Å². The maximum Gasteiger partial charge on any atom is 0.255 e. The summed E-state index contributed by atoms with van der Waals surface area (Å²) in [5.74, 6) is -0.105. The minimum Gasteiger partial charge on any atom is -0.345 e. The highest BCUT2D eigenvalue weighted by Gasteiger charge is 2.18. The molecule has 6 nitrogen and oxygen atoms in total. The minimum absolute atomic E-state index is 0.0811. The topological polar surface area (TPSA) is 64.7 Å². The molecule has 0 aliphatic carbocycles. The molecule has 0 saturated carbocycles. The van der Waals surface area contributed by atoms with Crippen LogP contribution in [0.4, 0.5) is 0 Å². The van der Waals surface area contributed by atoms with E-state index < -0.39 is 0 Å². The van der Waals surface area contributed by atoms with Crippen LogP contribution in [0.5, 0.6) is 0 Å². The zero-order chi connectivity index (χ0) is 14.9. The summed E-state index contributed by atoms with van der Waals surface area (Å²) in [6, 6.07) is -0.0811. The van der Waals surface area contributed by atoms with Gasteiger partial charge >= 0.3 is 0 Å². The molecule has 1 amide bonds. The third kappa shape index (κ3) is 2.59. The molecule has 0 aliphatic heterocycles. The number of nitrogens with zero attached hydrogens (tertiary/aromatic N) is 4. The van der Waals surface area contributed by atoms with Crippen molar-refractivity contribution in [1.29, 1.82) is 0 Å². The molecular formula is C14H21N5O. The van der Waals surface area contributed by atoms with Crippen LogP contribution < -0.4 is 5.32 Å². The van der Waals surface area contributed by atoms with Crippen LogP contribution in [0, 0.1) is 13.8 Å². The normalized spacial score (nSPS) is 12.4. The molecule has 2 aromatic rings. The van der Waals surface area contributed by atoms with Crippen LogP contribution in [0.1, 0.15) is 47.2 Å². The number of carbonyl (C=O) groups is 1. The maximum atomic E-state index is 12.3. The molecule has 0 saturated heterocycles. The Balaban J connectivity index is 2.15. The van der Waals surface area contributed by atoms with E-state index in [1.807, 2.05) is 45.6 Å². The molecule has 20 heavy (non-hydrogen) atoms. The lowest BCUT2D eigenvalue weighted by Gasteiger charge is -2.13. The number of nitrogens with one attached hydrogen (secondary N) is 1. The third-order valence-corrected chi connectivity index (χ3v) is 3.60. The summed E-state index contributed by atoms with van der Waals surface area (Å²) < 4.78 is 3.57. The van der Waals surface area contributed by atoms with E-state index in [0.717, 1.165) is 23.5 Å². The van der Waals surface area contributed by atoms with Gasteiger partial charge in [0.2, 0.25) is 0 Å². The van der Waals surface area contributed by atoms with Gasteiger partial charge in [-0.1, -0.05) is 0 Å². The van der Waals surface area contributed by atoms with Gasteiger partial charge in [0.1, 0.15) is 0 Å². The van der Waals surface area contributed by atoms with Gasteiger partial charge in [-0.25, -0.2) is 0 Å². The van der Waals surface area contributed by atoms with Crippen LogP contribution in [-0.4, -0.2) is 25.5 Å². The van der Waals surface area contributed by atoms with Crippen LogP contribution >= 0.6 is 0 Å². The molecule has 2 heterocycles. The highest BCUT2D eigenvalue weighted by atomic mass is 16.1. The number of amides is 1. The fourth-order valence-electron chi connectivity index (χ4n) is 2.19. The van der Waals surface area contributed by atoms with Crippen molar-refractivity contribution in [2.45, 2.75) is 40.3 Å². The Bertz CT molecular complexity index is 626. The van der Waals surface area contributed by atoms with Crippen LogP contribution in [0.15, 0.2) is 12.4 Å². The SMILES string of the molecule is CCn1cc(C(C)NC(=O)c2cnn(C)c2C)c(C)n1. The van der Waals surface area contributed by atoms with Gasteiger partial charge in [-0.3, -0.25) is 14.2 Å². The molecule has 1 N–H and O–H groups in total. The van der Waals surface area contributed by atoms with Crippen LogP contribution in [0.2, 0.25) is 0 Å². The van der Waals surface area contributed by atoms with E-state index in [2.05, 4.69) is 15.5 Å². The van der Waals surface area contributed by atoms with Crippen molar-refractivity contribution >= 4 is 5.91 Å². The predicted molar refractivity (Wildman–Crippen MR) is 76.5 cm³/mol. The highest BCUT2D eigenvalue weighted by molar-refractivity contribution is 5.95. The minimum atomic E-state index is -0.105. The van der Waals surface area contributed by atoms with Crippen molar-refractivity contribution in [1.82, 2.24) is 24.9 Å². The largest absolute Gasteiger partial charge is 0.345 e. The number of aromatic nitrogens is 4. The molecule has 0 fully saturated rings. The van der Waals surface area contributed by atoms with Gasteiger partial charge in [-0.15, -0.1) is 0 Å². The number of aryl methyl sites for hydroxylation is 3. The summed E-state index contributed by atoms with van der Waals surface area (Å²) in [7, 11) is 1.82. The number of hydrogen-bond donors (Lipinski definition) is 1. The average molecular weight is 275 g/mol. The quantitative estimate of drug-likeness (QED) is 0.924. The molecule has 0 spiro atoms. The Labute approximate surface area is 118 Å². The molecule has 1 atom stereocenters. The summed E-state index contributed by atoms with van der Waals surface area (Å²) in [5.41, 5.74) is 3.46. The first-order chi connectivity index (χ1) is 9.43. The van der Waals surface area contributed by atoms with Gasteiger partial charge in [0.25, 0.3) is 5.91 Å². The second-order valence-corrected chi connectivity index (χ2v) is 4.99. The molecule has 108 valence electrons. The number of carbonyl (C=O) groups excluding carboxylic acids is 1. The fourth-order valence-corrected chi connectivity index (χ4v) is 2.19. The summed E-state index contributed by atoms with van der Waals surface area (Å²) in [5, 5.41) is 11.5. The fraction of sp³-hybridized carbons (Fsp3) is 0.500. The second-order valence-electron chi connectivity index (χ2n) is 4.99. The second kappa shape index (κ2) is 5.48. The van der Waals surface area contributed by atoms with Crippen molar-refractivity contribution in [3.63, 3.8) is 0 Å². The molecular weight excluding hydrogens is 254 g/mol. The van der Waals surface area contributed by atoms with E-state index in [9.17, 15) is 4.79 Å².